The standard InChI is InChI=1S/C21H25NO5/c1-4-27-21(26)12-5-7-13(8-6-12)22-19(23)17-14-9-10-15(16(14)11(2)3)18(17)20(24)25/h5-8,14-15,17-18H,4,9-10H2,1-3H3,(H,22,23)(H,24,25)/t14-,15+,17+,18-/m0/s1. The minimum Gasteiger partial charge on any atom is -0.481 e. The molecule has 4 atom stereocenters. The lowest BCUT2D eigenvalue weighted by atomic mass is 9.78. The molecule has 0 spiro atoms. The first-order valence-electron chi connectivity index (χ1n) is 9.33. The summed E-state index contributed by atoms with van der Waals surface area (Å²) in [5.41, 5.74) is 3.23. The third-order valence-corrected chi connectivity index (χ3v) is 5.67. The minimum absolute atomic E-state index is 0.0000878. The lowest BCUT2D eigenvalue weighted by Crippen LogP contribution is -2.37. The quantitative estimate of drug-likeness (QED) is 0.610. The van der Waals surface area contributed by atoms with E-state index in [9.17, 15) is 19.5 Å². The minimum atomic E-state index is -0.904. The van der Waals surface area contributed by atoms with E-state index in [1.165, 1.54) is 0 Å². The number of benzene rings is 1. The van der Waals surface area contributed by atoms with E-state index >= 15 is 0 Å². The van der Waals surface area contributed by atoms with Crippen LogP contribution in [0.5, 0.6) is 0 Å². The fraction of sp³-hybridized carbons (Fsp3) is 0.476. The van der Waals surface area contributed by atoms with Gasteiger partial charge in [0.05, 0.1) is 24.0 Å². The van der Waals surface area contributed by atoms with Crippen LogP contribution in [0.2, 0.25) is 0 Å². The molecule has 0 unspecified atom stereocenters. The number of allylic oxidation sites excluding steroid dienone is 2. The molecule has 27 heavy (non-hydrogen) atoms. The van der Waals surface area contributed by atoms with Gasteiger partial charge in [-0.25, -0.2) is 4.79 Å². The molecule has 2 saturated carbocycles. The van der Waals surface area contributed by atoms with Crippen LogP contribution < -0.4 is 5.32 Å². The number of rotatable bonds is 5. The lowest BCUT2D eigenvalue weighted by Gasteiger charge is -2.26. The van der Waals surface area contributed by atoms with Crippen molar-refractivity contribution in [3.63, 3.8) is 0 Å². The van der Waals surface area contributed by atoms with Crippen LogP contribution in [0.15, 0.2) is 35.4 Å². The number of carbonyl (C=O) groups is 3. The Morgan fingerprint density at radius 3 is 2.19 bits per heavy atom. The van der Waals surface area contributed by atoms with E-state index in [2.05, 4.69) is 5.32 Å². The molecule has 0 saturated heterocycles. The molecule has 6 nitrogen and oxygen atoms in total. The smallest absolute Gasteiger partial charge is 0.338 e. The molecule has 2 aliphatic carbocycles. The Labute approximate surface area is 158 Å². The molecule has 0 heterocycles. The van der Waals surface area contributed by atoms with Crippen molar-refractivity contribution < 1.29 is 24.2 Å². The molecule has 2 aliphatic rings. The maximum atomic E-state index is 12.9. The molecule has 1 aromatic rings. The summed E-state index contributed by atoms with van der Waals surface area (Å²) in [5.74, 6) is -2.86. The van der Waals surface area contributed by atoms with Gasteiger partial charge in [0, 0.05) is 5.69 Å². The van der Waals surface area contributed by atoms with Crippen molar-refractivity contribution in [2.24, 2.45) is 23.7 Å². The number of nitrogens with one attached hydrogen (secondary N) is 1. The molecule has 1 amide bonds. The number of carboxylic acids is 1. The van der Waals surface area contributed by atoms with Crippen LogP contribution in [0, 0.1) is 23.7 Å². The Bertz CT molecular complexity index is 791. The molecule has 6 heteroatoms. The number of aliphatic carboxylic acids is 1. The number of amides is 1. The number of esters is 1. The molecule has 2 fully saturated rings. The number of carboxylic acid groups (broad SMARTS) is 1. The summed E-state index contributed by atoms with van der Waals surface area (Å²) >= 11 is 0. The Kier molecular flexibility index (Phi) is 5.35. The van der Waals surface area contributed by atoms with Gasteiger partial charge >= 0.3 is 11.9 Å². The van der Waals surface area contributed by atoms with Gasteiger partial charge in [-0.05, 0) is 69.7 Å². The topological polar surface area (TPSA) is 92.7 Å². The summed E-state index contributed by atoms with van der Waals surface area (Å²) < 4.78 is 4.94. The summed E-state index contributed by atoms with van der Waals surface area (Å²) in [7, 11) is 0. The first kappa shape index (κ1) is 19.1. The van der Waals surface area contributed by atoms with Crippen molar-refractivity contribution in [1.29, 1.82) is 0 Å². The van der Waals surface area contributed by atoms with Crippen LogP contribution in [0.25, 0.3) is 0 Å². The normalized spacial score (nSPS) is 26.0. The first-order valence-corrected chi connectivity index (χ1v) is 9.33. The lowest BCUT2D eigenvalue weighted by molar-refractivity contribution is -0.148. The van der Waals surface area contributed by atoms with Crippen LogP contribution >= 0.6 is 0 Å². The van der Waals surface area contributed by atoms with Crippen molar-refractivity contribution in [1.82, 2.24) is 0 Å². The molecule has 0 radical (unpaired) electrons. The summed E-state index contributed by atoms with van der Waals surface area (Å²) in [5, 5.41) is 12.5. The van der Waals surface area contributed by atoms with E-state index in [-0.39, 0.29) is 17.7 Å². The third kappa shape index (κ3) is 3.48. The summed E-state index contributed by atoms with van der Waals surface area (Å²) in [6, 6.07) is 6.44. The van der Waals surface area contributed by atoms with E-state index in [1.54, 1.807) is 31.2 Å². The third-order valence-electron chi connectivity index (χ3n) is 5.67. The largest absolute Gasteiger partial charge is 0.481 e. The van der Waals surface area contributed by atoms with E-state index < -0.39 is 23.8 Å². The van der Waals surface area contributed by atoms with Crippen LogP contribution in [-0.4, -0.2) is 29.6 Å². The molecule has 2 N–H and O–H groups in total. The maximum absolute atomic E-state index is 12.9. The Balaban J connectivity index is 1.78. The molecular weight excluding hydrogens is 346 g/mol. The number of ether oxygens (including phenoxy) is 1. The zero-order valence-electron chi connectivity index (χ0n) is 15.8. The van der Waals surface area contributed by atoms with Crippen LogP contribution in [0.4, 0.5) is 5.69 Å². The second kappa shape index (κ2) is 7.55. The Morgan fingerprint density at radius 2 is 1.67 bits per heavy atom. The fourth-order valence-corrected chi connectivity index (χ4v) is 4.73. The second-order valence-electron chi connectivity index (χ2n) is 7.42. The number of hydrogen-bond acceptors (Lipinski definition) is 4. The number of hydrogen-bond donors (Lipinski definition) is 2. The van der Waals surface area contributed by atoms with E-state index in [0.717, 1.165) is 24.0 Å². The van der Waals surface area contributed by atoms with E-state index in [0.29, 0.717) is 17.9 Å². The van der Waals surface area contributed by atoms with Crippen LogP contribution in [0.3, 0.4) is 0 Å². The molecule has 2 bridgehead atoms. The average Bonchev–Trinajstić information content (AvgIpc) is 3.18. The van der Waals surface area contributed by atoms with Crippen LogP contribution in [0.1, 0.15) is 44.0 Å². The van der Waals surface area contributed by atoms with Gasteiger partial charge in [-0.1, -0.05) is 11.1 Å². The Morgan fingerprint density at radius 1 is 1.07 bits per heavy atom. The molecular formula is C21H25NO5. The highest BCUT2D eigenvalue weighted by molar-refractivity contribution is 5.97. The summed E-state index contributed by atoms with van der Waals surface area (Å²) in [6.45, 7) is 6.02. The molecule has 1 aromatic carbocycles. The van der Waals surface area contributed by atoms with Gasteiger partial charge in [0.1, 0.15) is 0 Å². The van der Waals surface area contributed by atoms with Crippen molar-refractivity contribution in [3.05, 3.63) is 41.0 Å². The number of anilines is 1. The van der Waals surface area contributed by atoms with Gasteiger partial charge in [0.2, 0.25) is 5.91 Å². The molecule has 144 valence electrons. The zero-order chi connectivity index (χ0) is 19.7. The second-order valence-corrected chi connectivity index (χ2v) is 7.42. The fourth-order valence-electron chi connectivity index (χ4n) is 4.73. The monoisotopic (exact) mass is 371 g/mol. The SMILES string of the molecule is CCOC(=O)c1ccc(NC(=O)[C@H]2[C@@H](C(=O)O)[C@@H]3CC[C@H]2C3=C(C)C)cc1. The van der Waals surface area contributed by atoms with Gasteiger partial charge in [-0.15, -0.1) is 0 Å². The van der Waals surface area contributed by atoms with Gasteiger partial charge in [0.15, 0.2) is 0 Å². The first-order chi connectivity index (χ1) is 12.8. The highest BCUT2D eigenvalue weighted by atomic mass is 16.5. The molecule has 0 aliphatic heterocycles. The van der Waals surface area contributed by atoms with Crippen LogP contribution in [-0.2, 0) is 14.3 Å². The highest BCUT2D eigenvalue weighted by Gasteiger charge is 2.57. The van der Waals surface area contributed by atoms with Gasteiger partial charge < -0.3 is 15.2 Å². The summed E-state index contributed by atoms with van der Waals surface area (Å²) in [6.07, 6.45) is 1.69. The molecule has 3 rings (SSSR count). The molecule has 0 aromatic heterocycles. The summed E-state index contributed by atoms with van der Waals surface area (Å²) in [4.78, 5) is 36.5. The van der Waals surface area contributed by atoms with Gasteiger partial charge in [-0.3, -0.25) is 9.59 Å². The van der Waals surface area contributed by atoms with Gasteiger partial charge in [0.25, 0.3) is 0 Å². The van der Waals surface area contributed by atoms with E-state index in [1.807, 2.05) is 13.8 Å². The van der Waals surface area contributed by atoms with Gasteiger partial charge in [-0.2, -0.15) is 0 Å². The highest BCUT2D eigenvalue weighted by Crippen LogP contribution is 2.57. The predicted octanol–water partition coefficient (Wildman–Crippen LogP) is 3.50. The maximum Gasteiger partial charge on any atom is 0.338 e. The van der Waals surface area contributed by atoms with E-state index in [4.69, 9.17) is 4.74 Å². The van der Waals surface area contributed by atoms with Crippen molar-refractivity contribution >= 4 is 23.5 Å². The van der Waals surface area contributed by atoms with Crippen molar-refractivity contribution in [2.75, 3.05) is 11.9 Å². The zero-order valence-corrected chi connectivity index (χ0v) is 15.8. The predicted molar refractivity (Wildman–Crippen MR) is 100 cm³/mol. The van der Waals surface area contributed by atoms with Crippen molar-refractivity contribution in [2.45, 2.75) is 33.6 Å². The number of fused-ring (bicyclic) bond motifs is 2. The number of carbonyl (C=O) groups excluding carboxylic acids is 2. The average molecular weight is 371 g/mol. The Hall–Kier alpha value is -2.63. The van der Waals surface area contributed by atoms with Crippen molar-refractivity contribution in [3.8, 4) is 0 Å².